The Hall–Kier alpha value is -3.56. The van der Waals surface area contributed by atoms with Gasteiger partial charge < -0.3 is 5.32 Å². The van der Waals surface area contributed by atoms with Crippen LogP contribution in [0.3, 0.4) is 0 Å². The van der Waals surface area contributed by atoms with Crippen molar-refractivity contribution in [3.8, 4) is 5.95 Å². The number of nitrogens with one attached hydrogen (secondary N) is 1. The SMILES string of the molecule is CC(NC(=O)c1cc(C(F)(F)F)cc(C(F)(F)F)c1)c1nc(S(C)(=O)=O)n(-c2ncccn2)n1. The summed E-state index contributed by atoms with van der Waals surface area (Å²) in [4.78, 5) is 24.0. The first kappa shape index (κ1) is 25.1. The summed E-state index contributed by atoms with van der Waals surface area (Å²) in [5, 5.41) is 5.51. The van der Waals surface area contributed by atoms with Gasteiger partial charge in [-0.05, 0) is 31.2 Å². The Balaban J connectivity index is 1.97. The molecule has 0 aliphatic rings. The second kappa shape index (κ2) is 8.66. The largest absolute Gasteiger partial charge is 0.416 e. The molecular formula is C18H14F6N6O3S. The van der Waals surface area contributed by atoms with Crippen LogP contribution in [0.15, 0.2) is 41.8 Å². The van der Waals surface area contributed by atoms with Gasteiger partial charge in [0.25, 0.3) is 17.0 Å². The number of hydrogen-bond donors (Lipinski definition) is 1. The summed E-state index contributed by atoms with van der Waals surface area (Å²) in [6, 6.07) is 0.657. The normalized spacial score (nSPS) is 13.5. The number of carbonyl (C=O) groups excluding carboxylic acids is 1. The van der Waals surface area contributed by atoms with Gasteiger partial charge in [0.1, 0.15) is 0 Å². The number of aromatic nitrogens is 5. The topological polar surface area (TPSA) is 120 Å². The lowest BCUT2D eigenvalue weighted by Gasteiger charge is -2.15. The number of nitrogens with zero attached hydrogens (tertiary/aromatic N) is 5. The van der Waals surface area contributed by atoms with Gasteiger partial charge in [0.15, 0.2) is 5.82 Å². The van der Waals surface area contributed by atoms with Crippen molar-refractivity contribution >= 4 is 15.7 Å². The van der Waals surface area contributed by atoms with E-state index in [1.165, 1.54) is 25.4 Å². The van der Waals surface area contributed by atoms with Crippen molar-refractivity contribution in [1.82, 2.24) is 30.0 Å². The molecule has 0 spiro atoms. The highest BCUT2D eigenvalue weighted by atomic mass is 32.2. The predicted octanol–water partition coefficient (Wildman–Crippen LogP) is 2.99. The quantitative estimate of drug-likeness (QED) is 0.526. The molecule has 2 aromatic heterocycles. The lowest BCUT2D eigenvalue weighted by Crippen LogP contribution is -2.28. The number of alkyl halides is 6. The highest BCUT2D eigenvalue weighted by Gasteiger charge is 2.37. The van der Waals surface area contributed by atoms with Crippen LogP contribution in [0.2, 0.25) is 0 Å². The van der Waals surface area contributed by atoms with Crippen molar-refractivity contribution in [3.05, 3.63) is 59.2 Å². The van der Waals surface area contributed by atoms with Crippen LogP contribution in [0.1, 0.15) is 40.3 Å². The maximum atomic E-state index is 13.1. The average molecular weight is 508 g/mol. The Labute approximate surface area is 187 Å². The molecule has 1 atom stereocenters. The van der Waals surface area contributed by atoms with Crippen molar-refractivity contribution in [3.63, 3.8) is 0 Å². The van der Waals surface area contributed by atoms with Crippen molar-refractivity contribution < 1.29 is 39.6 Å². The van der Waals surface area contributed by atoms with Crippen LogP contribution in [0, 0.1) is 0 Å². The van der Waals surface area contributed by atoms with Gasteiger partial charge in [0.2, 0.25) is 9.84 Å². The van der Waals surface area contributed by atoms with E-state index in [-0.39, 0.29) is 30.0 Å². The van der Waals surface area contributed by atoms with E-state index in [0.29, 0.717) is 0 Å². The molecule has 0 saturated heterocycles. The third kappa shape index (κ3) is 5.49. The molecule has 9 nitrogen and oxygen atoms in total. The minimum absolute atomic E-state index is 0.109. The lowest BCUT2D eigenvalue weighted by atomic mass is 10.0. The van der Waals surface area contributed by atoms with Crippen LogP contribution >= 0.6 is 0 Å². The minimum atomic E-state index is -5.14. The molecule has 3 rings (SSSR count). The van der Waals surface area contributed by atoms with Gasteiger partial charge in [-0.3, -0.25) is 4.79 Å². The monoisotopic (exact) mass is 508 g/mol. The zero-order valence-electron chi connectivity index (χ0n) is 17.2. The van der Waals surface area contributed by atoms with Crippen molar-refractivity contribution in [2.75, 3.05) is 6.26 Å². The summed E-state index contributed by atoms with van der Waals surface area (Å²) < 4.78 is 103. The van der Waals surface area contributed by atoms with Crippen LogP contribution in [0.5, 0.6) is 0 Å². The van der Waals surface area contributed by atoms with E-state index in [9.17, 15) is 39.6 Å². The van der Waals surface area contributed by atoms with Crippen LogP contribution in [0.4, 0.5) is 26.3 Å². The highest BCUT2D eigenvalue weighted by molar-refractivity contribution is 7.90. The van der Waals surface area contributed by atoms with E-state index in [1.807, 2.05) is 0 Å². The fourth-order valence-electron chi connectivity index (χ4n) is 2.70. The molecule has 182 valence electrons. The van der Waals surface area contributed by atoms with Crippen molar-refractivity contribution in [2.45, 2.75) is 30.5 Å². The van der Waals surface area contributed by atoms with Gasteiger partial charge in [-0.15, -0.1) is 5.10 Å². The number of carbonyl (C=O) groups is 1. The summed E-state index contributed by atoms with van der Waals surface area (Å²) >= 11 is 0. The molecule has 16 heteroatoms. The molecule has 3 aromatic rings. The molecule has 1 unspecified atom stereocenters. The maximum Gasteiger partial charge on any atom is 0.416 e. The first-order valence-corrected chi connectivity index (χ1v) is 11.0. The number of halogens is 6. The fourth-order valence-corrected chi connectivity index (χ4v) is 3.39. The fraction of sp³-hybridized carbons (Fsp3) is 0.278. The molecule has 0 fully saturated rings. The van der Waals surface area contributed by atoms with Gasteiger partial charge in [-0.25, -0.2) is 18.4 Å². The molecule has 1 N–H and O–H groups in total. The number of rotatable bonds is 5. The first-order chi connectivity index (χ1) is 15.6. The van der Waals surface area contributed by atoms with Crippen molar-refractivity contribution in [2.24, 2.45) is 0 Å². The van der Waals surface area contributed by atoms with Gasteiger partial charge >= 0.3 is 12.4 Å². The number of hydrogen-bond acceptors (Lipinski definition) is 7. The lowest BCUT2D eigenvalue weighted by molar-refractivity contribution is -0.143. The third-order valence-electron chi connectivity index (χ3n) is 4.25. The molecule has 0 radical (unpaired) electrons. The smallest absolute Gasteiger partial charge is 0.342 e. The van der Waals surface area contributed by atoms with Crippen LogP contribution in [-0.2, 0) is 22.2 Å². The Morgan fingerprint density at radius 3 is 2.00 bits per heavy atom. The van der Waals surface area contributed by atoms with Crippen LogP contribution in [0.25, 0.3) is 5.95 Å². The van der Waals surface area contributed by atoms with Gasteiger partial charge in [0.05, 0.1) is 17.2 Å². The van der Waals surface area contributed by atoms with Gasteiger partial charge in [-0.2, -0.15) is 36.0 Å². The molecule has 0 saturated carbocycles. The Bertz CT molecular complexity index is 1290. The average Bonchev–Trinajstić information content (AvgIpc) is 3.19. The molecule has 0 bridgehead atoms. The Morgan fingerprint density at radius 2 is 1.53 bits per heavy atom. The van der Waals surface area contributed by atoms with E-state index >= 15 is 0 Å². The van der Waals surface area contributed by atoms with E-state index < -0.39 is 56.0 Å². The van der Waals surface area contributed by atoms with E-state index in [1.54, 1.807) is 0 Å². The summed E-state index contributed by atoms with van der Waals surface area (Å²) in [5.74, 6) is -1.77. The molecule has 1 amide bonds. The van der Waals surface area contributed by atoms with E-state index in [0.717, 1.165) is 10.9 Å². The zero-order chi connectivity index (χ0) is 25.5. The molecule has 0 aliphatic heterocycles. The van der Waals surface area contributed by atoms with Crippen LogP contribution in [-0.4, -0.2) is 45.3 Å². The predicted molar refractivity (Wildman–Crippen MR) is 102 cm³/mol. The zero-order valence-corrected chi connectivity index (χ0v) is 18.0. The second-order valence-electron chi connectivity index (χ2n) is 6.98. The Morgan fingerprint density at radius 1 is 1.00 bits per heavy atom. The van der Waals surface area contributed by atoms with Gasteiger partial charge in [0, 0.05) is 24.2 Å². The molecule has 34 heavy (non-hydrogen) atoms. The molecule has 2 heterocycles. The molecule has 0 aliphatic carbocycles. The van der Waals surface area contributed by atoms with Gasteiger partial charge in [-0.1, -0.05) is 0 Å². The van der Waals surface area contributed by atoms with E-state index in [2.05, 4.69) is 25.4 Å². The first-order valence-electron chi connectivity index (χ1n) is 9.12. The summed E-state index contributed by atoms with van der Waals surface area (Å²) in [6.45, 7) is 1.26. The Kier molecular flexibility index (Phi) is 6.38. The minimum Gasteiger partial charge on any atom is -0.342 e. The number of sulfone groups is 1. The highest BCUT2D eigenvalue weighted by Crippen LogP contribution is 2.36. The van der Waals surface area contributed by atoms with Crippen LogP contribution < -0.4 is 5.32 Å². The van der Waals surface area contributed by atoms with Crippen molar-refractivity contribution in [1.29, 1.82) is 0 Å². The number of benzene rings is 1. The molecule has 1 aromatic carbocycles. The maximum absolute atomic E-state index is 13.1. The summed E-state index contributed by atoms with van der Waals surface area (Å²) in [5.41, 5.74) is -4.24. The summed E-state index contributed by atoms with van der Waals surface area (Å²) in [6.07, 6.45) is -6.85. The third-order valence-corrected chi connectivity index (χ3v) is 5.18. The second-order valence-corrected chi connectivity index (χ2v) is 8.88. The number of amides is 1. The molecular weight excluding hydrogens is 494 g/mol. The standard InChI is InChI=1S/C18H14F6N6O3S/c1-9(13-28-16(34(2,32)33)30(29-13)15-25-4-3-5-26-15)27-14(31)10-6-11(17(19,20)21)8-12(7-10)18(22,23)24/h3-9H,1-2H3,(H,27,31). The summed E-state index contributed by atoms with van der Waals surface area (Å²) in [7, 11) is -3.97. The van der Waals surface area contributed by atoms with E-state index in [4.69, 9.17) is 0 Å².